The van der Waals surface area contributed by atoms with E-state index in [1.54, 1.807) is 36.7 Å². The van der Waals surface area contributed by atoms with Crippen molar-refractivity contribution in [2.45, 2.75) is 30.4 Å². The predicted molar refractivity (Wildman–Crippen MR) is 120 cm³/mol. The van der Waals surface area contributed by atoms with Crippen LogP contribution in [0.3, 0.4) is 0 Å². The first kappa shape index (κ1) is 20.3. The minimum absolute atomic E-state index is 0.0520. The number of amides is 1. The maximum Gasteiger partial charge on any atom is 0.245 e. The number of carbonyl (C=O) groups is 1. The first-order chi connectivity index (χ1) is 14.3. The van der Waals surface area contributed by atoms with Crippen LogP contribution in [0.4, 0.5) is 5.13 Å². The Morgan fingerprint density at radius 3 is 2.57 bits per heavy atom. The molecular formula is C22H21N3O3S2. The number of nitrogens with zero attached hydrogens (tertiary/aromatic N) is 1. The minimum atomic E-state index is -3.92. The fraction of sp³-hybridized carbons (Fsp3) is 0.182. The Bertz CT molecular complexity index is 1300. The lowest BCUT2D eigenvalue weighted by Gasteiger charge is -2.17. The van der Waals surface area contributed by atoms with Crippen molar-refractivity contribution in [2.24, 2.45) is 0 Å². The van der Waals surface area contributed by atoms with Gasteiger partial charge in [-0.3, -0.25) is 4.79 Å². The normalized spacial score (nSPS) is 12.7. The monoisotopic (exact) mass is 439 g/mol. The van der Waals surface area contributed by atoms with Crippen molar-refractivity contribution in [3.05, 3.63) is 76.9 Å². The van der Waals surface area contributed by atoms with Crippen molar-refractivity contribution < 1.29 is 13.2 Å². The molecule has 0 spiro atoms. The molecule has 0 aliphatic heterocycles. The van der Waals surface area contributed by atoms with Crippen molar-refractivity contribution in [1.82, 2.24) is 9.97 Å². The second kappa shape index (κ2) is 8.04. The minimum Gasteiger partial charge on any atom is -0.361 e. The third kappa shape index (κ3) is 4.01. The lowest BCUT2D eigenvalue weighted by atomic mass is 10.1. The number of hydrogen-bond acceptors (Lipinski definition) is 5. The van der Waals surface area contributed by atoms with E-state index in [0.717, 1.165) is 26.9 Å². The number of fused-ring (bicyclic) bond motifs is 1. The number of nitrogens with one attached hydrogen (secondary N) is 2. The lowest BCUT2D eigenvalue weighted by Crippen LogP contribution is -2.37. The number of thiazole rings is 1. The highest BCUT2D eigenvalue weighted by Crippen LogP contribution is 2.26. The highest BCUT2D eigenvalue weighted by molar-refractivity contribution is 7.92. The molecule has 0 unspecified atom stereocenters. The summed E-state index contributed by atoms with van der Waals surface area (Å²) in [7, 11) is -3.92. The summed E-state index contributed by atoms with van der Waals surface area (Å²) in [6.45, 7) is 3.76. The van der Waals surface area contributed by atoms with Gasteiger partial charge in [0, 0.05) is 34.6 Å². The molecule has 154 valence electrons. The molecule has 0 radical (unpaired) electrons. The molecule has 4 rings (SSSR count). The number of sulfone groups is 1. The second-order valence-electron chi connectivity index (χ2n) is 7.18. The Hall–Kier alpha value is -2.97. The predicted octanol–water partition coefficient (Wildman–Crippen LogP) is 4.26. The van der Waals surface area contributed by atoms with E-state index in [0.29, 0.717) is 5.13 Å². The van der Waals surface area contributed by atoms with Crippen LogP contribution in [0.2, 0.25) is 0 Å². The van der Waals surface area contributed by atoms with Gasteiger partial charge in [0.1, 0.15) is 5.25 Å². The largest absolute Gasteiger partial charge is 0.361 e. The number of para-hydroxylation sites is 1. The van der Waals surface area contributed by atoms with Crippen LogP contribution in [-0.4, -0.2) is 29.5 Å². The van der Waals surface area contributed by atoms with Gasteiger partial charge in [-0.25, -0.2) is 13.4 Å². The van der Waals surface area contributed by atoms with Gasteiger partial charge in [-0.05, 0) is 37.6 Å². The van der Waals surface area contributed by atoms with E-state index in [2.05, 4.69) is 15.3 Å². The molecule has 2 aromatic heterocycles. The van der Waals surface area contributed by atoms with E-state index in [9.17, 15) is 13.2 Å². The van der Waals surface area contributed by atoms with Crippen LogP contribution in [0.1, 0.15) is 16.0 Å². The molecule has 0 aliphatic rings. The van der Waals surface area contributed by atoms with Crippen molar-refractivity contribution >= 4 is 43.1 Å². The molecule has 2 N–H and O–H groups in total. The summed E-state index contributed by atoms with van der Waals surface area (Å²) in [5.74, 6) is -0.588. The summed E-state index contributed by atoms with van der Waals surface area (Å²) < 4.78 is 26.9. The number of aryl methyl sites for hydroxylation is 2. The zero-order valence-electron chi connectivity index (χ0n) is 16.5. The first-order valence-corrected chi connectivity index (χ1v) is 11.8. The molecule has 6 nitrogen and oxygen atoms in total. The maximum absolute atomic E-state index is 13.5. The van der Waals surface area contributed by atoms with Gasteiger partial charge >= 0.3 is 0 Å². The summed E-state index contributed by atoms with van der Waals surface area (Å²) in [5, 5.41) is 2.69. The molecular weight excluding hydrogens is 418 g/mol. The SMILES string of the molecule is Cc1ccc(S(=O)(=O)[C@@H](Cc2c[nH]c3ccccc23)C(=O)Nc2ncc(C)s2)cc1. The van der Waals surface area contributed by atoms with E-state index >= 15 is 0 Å². The summed E-state index contributed by atoms with van der Waals surface area (Å²) in [6, 6.07) is 14.2. The maximum atomic E-state index is 13.5. The van der Waals surface area contributed by atoms with Crippen LogP contribution >= 0.6 is 11.3 Å². The summed E-state index contributed by atoms with van der Waals surface area (Å²) in [5.41, 5.74) is 2.62. The number of anilines is 1. The average molecular weight is 440 g/mol. The third-order valence-corrected chi connectivity index (χ3v) is 7.84. The molecule has 0 saturated heterocycles. The molecule has 1 amide bonds. The quantitative estimate of drug-likeness (QED) is 0.469. The van der Waals surface area contributed by atoms with Crippen LogP contribution < -0.4 is 5.32 Å². The molecule has 0 fully saturated rings. The number of aromatic amines is 1. The average Bonchev–Trinajstić information content (AvgIpc) is 3.32. The van der Waals surface area contributed by atoms with Crippen LogP contribution in [0, 0.1) is 13.8 Å². The molecule has 2 aromatic carbocycles. The van der Waals surface area contributed by atoms with E-state index < -0.39 is 21.0 Å². The van der Waals surface area contributed by atoms with Crippen LogP contribution in [0.15, 0.2) is 65.8 Å². The Labute approximate surface area is 178 Å². The summed E-state index contributed by atoms with van der Waals surface area (Å²) >= 11 is 1.31. The highest BCUT2D eigenvalue weighted by atomic mass is 32.2. The second-order valence-corrected chi connectivity index (χ2v) is 10.5. The zero-order chi connectivity index (χ0) is 21.3. The fourth-order valence-corrected chi connectivity index (χ4v) is 5.59. The molecule has 1 atom stereocenters. The van der Waals surface area contributed by atoms with Crippen molar-refractivity contribution in [3.63, 3.8) is 0 Å². The number of hydrogen-bond donors (Lipinski definition) is 2. The fourth-order valence-electron chi connectivity index (χ4n) is 3.33. The van der Waals surface area contributed by atoms with Gasteiger partial charge in [0.25, 0.3) is 0 Å². The molecule has 0 bridgehead atoms. The van der Waals surface area contributed by atoms with E-state index in [1.165, 1.54) is 11.3 Å². The Balaban J connectivity index is 1.73. The van der Waals surface area contributed by atoms with Crippen LogP contribution in [-0.2, 0) is 21.1 Å². The zero-order valence-corrected chi connectivity index (χ0v) is 18.2. The summed E-state index contributed by atoms with van der Waals surface area (Å²) in [6.07, 6.45) is 3.46. The van der Waals surface area contributed by atoms with Gasteiger partial charge in [-0.1, -0.05) is 35.9 Å². The number of rotatable bonds is 6. The van der Waals surface area contributed by atoms with Gasteiger partial charge in [0.2, 0.25) is 5.91 Å². The Kier molecular flexibility index (Phi) is 5.44. The molecule has 0 saturated carbocycles. The van der Waals surface area contributed by atoms with Crippen LogP contribution in [0.25, 0.3) is 10.9 Å². The lowest BCUT2D eigenvalue weighted by molar-refractivity contribution is -0.115. The van der Waals surface area contributed by atoms with Gasteiger partial charge in [-0.15, -0.1) is 11.3 Å². The third-order valence-electron chi connectivity index (χ3n) is 4.95. The Morgan fingerprint density at radius 1 is 1.13 bits per heavy atom. The smallest absolute Gasteiger partial charge is 0.245 e. The van der Waals surface area contributed by atoms with Crippen molar-refractivity contribution in [2.75, 3.05) is 5.32 Å². The summed E-state index contributed by atoms with van der Waals surface area (Å²) in [4.78, 5) is 21.5. The molecule has 0 aliphatic carbocycles. The van der Waals surface area contributed by atoms with Crippen molar-refractivity contribution in [1.29, 1.82) is 0 Å². The topological polar surface area (TPSA) is 91.9 Å². The number of carbonyl (C=O) groups excluding carboxylic acids is 1. The van der Waals surface area contributed by atoms with E-state index in [-0.39, 0.29) is 11.3 Å². The number of aromatic nitrogens is 2. The Morgan fingerprint density at radius 2 is 1.87 bits per heavy atom. The number of H-pyrrole nitrogens is 1. The number of benzene rings is 2. The van der Waals surface area contributed by atoms with Crippen LogP contribution in [0.5, 0.6) is 0 Å². The van der Waals surface area contributed by atoms with Gasteiger partial charge in [0.05, 0.1) is 4.90 Å². The van der Waals surface area contributed by atoms with Crippen molar-refractivity contribution in [3.8, 4) is 0 Å². The molecule has 2 heterocycles. The molecule has 8 heteroatoms. The van der Waals surface area contributed by atoms with Gasteiger partial charge in [0.15, 0.2) is 15.0 Å². The molecule has 30 heavy (non-hydrogen) atoms. The first-order valence-electron chi connectivity index (χ1n) is 9.43. The van der Waals surface area contributed by atoms with Gasteiger partial charge < -0.3 is 10.3 Å². The highest BCUT2D eigenvalue weighted by Gasteiger charge is 2.35. The van der Waals surface area contributed by atoms with Gasteiger partial charge in [-0.2, -0.15) is 0 Å². The standard InChI is InChI=1S/C22H21N3O3S2/c1-14-7-9-17(10-8-14)30(27,28)20(21(26)25-22-24-12-15(2)29-22)11-16-13-23-19-6-4-3-5-18(16)19/h3-10,12-13,20,23H,11H2,1-2H3,(H,24,25,26)/t20-/m0/s1. The molecule has 4 aromatic rings. The van der Waals surface area contributed by atoms with E-state index in [4.69, 9.17) is 0 Å². The van der Waals surface area contributed by atoms with E-state index in [1.807, 2.05) is 38.1 Å².